The van der Waals surface area contributed by atoms with Crippen molar-refractivity contribution < 1.29 is 13.9 Å². The van der Waals surface area contributed by atoms with Crippen LogP contribution in [0.2, 0.25) is 0 Å². The molecule has 1 N–H and O–H groups in total. The monoisotopic (exact) mass is 403 g/mol. The zero-order valence-electron chi connectivity index (χ0n) is 16.9. The van der Waals surface area contributed by atoms with Crippen molar-refractivity contribution >= 4 is 22.5 Å². The Hall–Kier alpha value is -3.74. The van der Waals surface area contributed by atoms with Gasteiger partial charge in [-0.15, -0.1) is 0 Å². The first kappa shape index (κ1) is 18.3. The Morgan fingerprint density at radius 2 is 1.93 bits per heavy atom. The zero-order chi connectivity index (χ0) is 20.8. The van der Waals surface area contributed by atoms with Gasteiger partial charge < -0.3 is 19.2 Å². The maximum Gasteiger partial charge on any atom is 0.342 e. The molecule has 1 aliphatic heterocycles. The Labute approximate surface area is 172 Å². The molecule has 0 aliphatic carbocycles. The molecule has 2 aromatic heterocycles. The molecule has 2 aromatic carbocycles. The molecule has 7 nitrogen and oxygen atoms in total. The molecule has 0 spiro atoms. The number of aromatic nitrogens is 2. The van der Waals surface area contributed by atoms with Gasteiger partial charge >= 0.3 is 5.63 Å². The van der Waals surface area contributed by atoms with E-state index in [1.165, 1.54) is 0 Å². The lowest BCUT2D eigenvalue weighted by atomic mass is 9.82. The summed E-state index contributed by atoms with van der Waals surface area (Å²) in [5.74, 6) is 1.63. The van der Waals surface area contributed by atoms with Crippen LogP contribution in [0.4, 0.5) is 11.5 Å². The number of ether oxygens (including phenoxy) is 2. The molecule has 0 amide bonds. The number of nitrogens with one attached hydrogen (secondary N) is 1. The third-order valence-electron chi connectivity index (χ3n) is 5.60. The summed E-state index contributed by atoms with van der Waals surface area (Å²) in [6.45, 7) is 2.72. The third-order valence-corrected chi connectivity index (χ3v) is 5.60. The van der Waals surface area contributed by atoms with Crippen LogP contribution in [0.1, 0.15) is 29.5 Å². The van der Waals surface area contributed by atoms with Crippen LogP contribution >= 0.6 is 0 Å². The van der Waals surface area contributed by atoms with Crippen molar-refractivity contribution in [2.75, 3.05) is 19.5 Å². The van der Waals surface area contributed by atoms with E-state index < -0.39 is 5.92 Å². The molecular weight excluding hydrogens is 382 g/mol. The lowest BCUT2D eigenvalue weighted by molar-refractivity contribution is 0.351. The van der Waals surface area contributed by atoms with Gasteiger partial charge in [0.2, 0.25) is 0 Å². The van der Waals surface area contributed by atoms with Gasteiger partial charge in [-0.3, -0.25) is 0 Å². The average Bonchev–Trinajstić information content (AvgIpc) is 3.20. The molecule has 0 saturated heterocycles. The summed E-state index contributed by atoms with van der Waals surface area (Å²) in [7, 11) is 3.20. The van der Waals surface area contributed by atoms with Crippen LogP contribution in [0.5, 0.6) is 11.5 Å². The summed E-state index contributed by atoms with van der Waals surface area (Å²) in [6.07, 6.45) is 1.80. The fourth-order valence-electron chi connectivity index (χ4n) is 4.28. The van der Waals surface area contributed by atoms with Gasteiger partial charge in [-0.2, -0.15) is 5.10 Å². The first-order valence-electron chi connectivity index (χ1n) is 9.77. The van der Waals surface area contributed by atoms with E-state index in [4.69, 9.17) is 13.9 Å². The lowest BCUT2D eigenvalue weighted by Gasteiger charge is -2.28. The second kappa shape index (κ2) is 6.95. The largest absolute Gasteiger partial charge is 0.493 e. The van der Waals surface area contributed by atoms with Crippen LogP contribution in [0, 0.1) is 0 Å². The minimum Gasteiger partial charge on any atom is -0.493 e. The number of aryl methyl sites for hydroxylation is 1. The summed E-state index contributed by atoms with van der Waals surface area (Å²) < 4.78 is 18.8. The first-order chi connectivity index (χ1) is 14.7. The van der Waals surface area contributed by atoms with Gasteiger partial charge in [-0.25, -0.2) is 9.48 Å². The van der Waals surface area contributed by atoms with Crippen LogP contribution in [-0.2, 0) is 6.54 Å². The zero-order valence-corrected chi connectivity index (χ0v) is 16.9. The van der Waals surface area contributed by atoms with E-state index in [1.54, 1.807) is 26.5 Å². The van der Waals surface area contributed by atoms with Crippen LogP contribution in [0.25, 0.3) is 11.0 Å². The highest BCUT2D eigenvalue weighted by molar-refractivity contribution is 5.95. The maximum absolute atomic E-state index is 13.2. The molecule has 1 unspecified atom stereocenters. The molecule has 5 rings (SSSR count). The summed E-state index contributed by atoms with van der Waals surface area (Å²) in [5, 5.41) is 8.83. The van der Waals surface area contributed by atoms with Crippen molar-refractivity contribution in [2.24, 2.45) is 0 Å². The van der Waals surface area contributed by atoms with Crippen LogP contribution in [0.15, 0.2) is 57.9 Å². The summed E-state index contributed by atoms with van der Waals surface area (Å²) in [5.41, 5.74) is 3.12. The van der Waals surface area contributed by atoms with Gasteiger partial charge in [-0.05, 0) is 25.1 Å². The SMILES string of the molecule is CCn1ncc2c1Nc1c(c(=O)oc3ccccc13)C2c1cccc(OC)c1OC. The topological polar surface area (TPSA) is 78.5 Å². The predicted octanol–water partition coefficient (Wildman–Crippen LogP) is 4.26. The number of methoxy groups -OCH3 is 2. The van der Waals surface area contributed by atoms with E-state index in [0.717, 1.165) is 28.0 Å². The average molecular weight is 403 g/mol. The van der Waals surface area contributed by atoms with E-state index in [-0.39, 0.29) is 5.63 Å². The molecule has 7 heteroatoms. The Morgan fingerprint density at radius 1 is 1.10 bits per heavy atom. The number of anilines is 2. The quantitative estimate of drug-likeness (QED) is 0.452. The van der Waals surface area contributed by atoms with Gasteiger partial charge in [0, 0.05) is 23.1 Å². The molecule has 0 saturated carbocycles. The number of rotatable bonds is 4. The lowest BCUT2D eigenvalue weighted by Crippen LogP contribution is -2.23. The highest BCUT2D eigenvalue weighted by Gasteiger charge is 2.36. The third kappa shape index (κ3) is 2.51. The summed E-state index contributed by atoms with van der Waals surface area (Å²) in [4.78, 5) is 13.2. The van der Waals surface area contributed by atoms with E-state index in [0.29, 0.717) is 29.2 Å². The molecule has 152 valence electrons. The fraction of sp³-hybridized carbons (Fsp3) is 0.217. The standard InChI is InChI=1S/C23H21N3O4/c1-4-26-22-15(12-24-26)18(14-9-7-11-17(28-2)21(14)29-3)19-20(25-22)13-8-5-6-10-16(13)30-23(19)27/h5-12,18,25H,4H2,1-3H3. The van der Waals surface area contributed by atoms with Crippen molar-refractivity contribution in [1.29, 1.82) is 0 Å². The van der Waals surface area contributed by atoms with Crippen LogP contribution in [-0.4, -0.2) is 24.0 Å². The second-order valence-electron chi connectivity index (χ2n) is 7.08. The number of nitrogens with zero attached hydrogens (tertiary/aromatic N) is 2. The van der Waals surface area contributed by atoms with E-state index in [1.807, 2.05) is 48.0 Å². The Morgan fingerprint density at radius 3 is 2.70 bits per heavy atom. The van der Waals surface area contributed by atoms with Gasteiger partial charge in [0.1, 0.15) is 11.4 Å². The van der Waals surface area contributed by atoms with Crippen LogP contribution in [0.3, 0.4) is 0 Å². The Balaban J connectivity index is 1.89. The number of hydrogen-bond acceptors (Lipinski definition) is 6. The highest BCUT2D eigenvalue weighted by atomic mass is 16.5. The minimum absolute atomic E-state index is 0.388. The molecule has 1 atom stereocenters. The highest BCUT2D eigenvalue weighted by Crippen LogP contribution is 2.49. The molecular formula is C23H21N3O4. The Bertz CT molecular complexity index is 1320. The molecule has 0 bridgehead atoms. The van der Waals surface area contributed by atoms with Gasteiger partial charge in [0.25, 0.3) is 0 Å². The van der Waals surface area contributed by atoms with Crippen molar-refractivity contribution in [3.8, 4) is 11.5 Å². The van der Waals surface area contributed by atoms with Crippen molar-refractivity contribution in [3.05, 3.63) is 75.8 Å². The summed E-state index contributed by atoms with van der Waals surface area (Å²) in [6, 6.07) is 13.2. The van der Waals surface area contributed by atoms with Gasteiger partial charge in [-0.1, -0.05) is 24.3 Å². The van der Waals surface area contributed by atoms with Crippen molar-refractivity contribution in [1.82, 2.24) is 9.78 Å². The number of para-hydroxylation sites is 2. The smallest absolute Gasteiger partial charge is 0.342 e. The molecule has 0 radical (unpaired) electrons. The maximum atomic E-state index is 13.2. The van der Waals surface area contributed by atoms with E-state index in [2.05, 4.69) is 10.4 Å². The summed E-state index contributed by atoms with van der Waals surface area (Å²) >= 11 is 0. The molecule has 4 aromatic rings. The molecule has 0 fully saturated rings. The second-order valence-corrected chi connectivity index (χ2v) is 7.08. The van der Waals surface area contributed by atoms with Crippen molar-refractivity contribution in [3.63, 3.8) is 0 Å². The molecule has 30 heavy (non-hydrogen) atoms. The van der Waals surface area contributed by atoms with Gasteiger partial charge in [0.05, 0.1) is 37.6 Å². The number of fused-ring (bicyclic) bond motifs is 4. The Kier molecular flexibility index (Phi) is 4.24. The van der Waals surface area contributed by atoms with E-state index in [9.17, 15) is 4.79 Å². The first-order valence-corrected chi connectivity index (χ1v) is 9.77. The van der Waals surface area contributed by atoms with Crippen LogP contribution < -0.4 is 20.4 Å². The van der Waals surface area contributed by atoms with E-state index >= 15 is 0 Å². The normalized spacial score (nSPS) is 14.7. The fourth-order valence-corrected chi connectivity index (χ4v) is 4.28. The van der Waals surface area contributed by atoms with Gasteiger partial charge in [0.15, 0.2) is 11.5 Å². The molecule has 1 aliphatic rings. The number of hydrogen-bond donors (Lipinski definition) is 1. The van der Waals surface area contributed by atoms with Crippen molar-refractivity contribution in [2.45, 2.75) is 19.4 Å². The molecule has 3 heterocycles. The predicted molar refractivity (Wildman–Crippen MR) is 114 cm³/mol. The number of benzene rings is 2. The minimum atomic E-state index is -0.414.